The van der Waals surface area contributed by atoms with Crippen LogP contribution in [0.1, 0.15) is 56.4 Å². The van der Waals surface area contributed by atoms with Crippen molar-refractivity contribution >= 4 is 29.0 Å². The van der Waals surface area contributed by atoms with Crippen molar-refractivity contribution in [2.24, 2.45) is 0 Å². The number of nitrogens with zero attached hydrogens (tertiary/aromatic N) is 4. The molecule has 3 aromatic rings. The average Bonchev–Trinajstić information content (AvgIpc) is 3.34. The van der Waals surface area contributed by atoms with Gasteiger partial charge in [-0.25, -0.2) is 19.7 Å². The van der Waals surface area contributed by atoms with E-state index in [0.717, 1.165) is 0 Å². The predicted octanol–water partition coefficient (Wildman–Crippen LogP) is 2.02. The highest BCUT2D eigenvalue weighted by molar-refractivity contribution is 5.94. The van der Waals surface area contributed by atoms with E-state index in [1.54, 1.807) is 63.0 Å². The van der Waals surface area contributed by atoms with Gasteiger partial charge in [0.05, 0.1) is 25.0 Å². The van der Waals surface area contributed by atoms with E-state index in [0.29, 0.717) is 60.7 Å². The molecule has 0 radical (unpaired) electrons. The summed E-state index contributed by atoms with van der Waals surface area (Å²) in [7, 11) is 1.74. The van der Waals surface area contributed by atoms with Gasteiger partial charge >= 0.3 is 6.09 Å². The van der Waals surface area contributed by atoms with Gasteiger partial charge in [-0.05, 0) is 58.2 Å². The third-order valence-corrected chi connectivity index (χ3v) is 6.55. The topological polar surface area (TPSA) is 173 Å². The molecule has 40 heavy (non-hydrogen) atoms. The number of fused-ring (bicyclic) bond motifs is 1. The highest BCUT2D eigenvalue weighted by Crippen LogP contribution is 2.32. The number of ether oxygens (including phenoxy) is 2. The first-order valence-electron chi connectivity index (χ1n) is 13.3. The van der Waals surface area contributed by atoms with Crippen LogP contribution >= 0.6 is 0 Å². The summed E-state index contributed by atoms with van der Waals surface area (Å²) < 4.78 is 12.7. The number of hydrogen-bond donors (Lipinski definition) is 5. The monoisotopic (exact) mass is 555 g/mol. The van der Waals surface area contributed by atoms with Crippen molar-refractivity contribution in [3.8, 4) is 5.75 Å². The Bertz CT molecular complexity index is 1320. The quantitative estimate of drug-likeness (QED) is 0.246. The molecule has 0 spiro atoms. The molecule has 1 aliphatic rings. The summed E-state index contributed by atoms with van der Waals surface area (Å²) >= 11 is 0. The molecule has 0 saturated heterocycles. The van der Waals surface area contributed by atoms with Gasteiger partial charge in [-0.1, -0.05) is 6.07 Å². The van der Waals surface area contributed by atoms with E-state index in [1.165, 1.54) is 6.33 Å². The highest BCUT2D eigenvalue weighted by atomic mass is 16.6. The Kier molecular flexibility index (Phi) is 9.05. The van der Waals surface area contributed by atoms with Crippen LogP contribution in [-0.4, -0.2) is 85.8 Å². The Morgan fingerprint density at radius 1 is 1.12 bits per heavy atom. The first kappa shape index (κ1) is 29.0. The highest BCUT2D eigenvalue weighted by Gasteiger charge is 2.40. The Balaban J connectivity index is 1.29. The lowest BCUT2D eigenvalue weighted by molar-refractivity contribution is -0.0552. The Morgan fingerprint density at radius 3 is 2.67 bits per heavy atom. The van der Waals surface area contributed by atoms with Crippen molar-refractivity contribution in [2.45, 2.75) is 69.9 Å². The van der Waals surface area contributed by atoms with Crippen molar-refractivity contribution in [2.75, 3.05) is 25.5 Å². The lowest BCUT2D eigenvalue weighted by Crippen LogP contribution is -2.54. The number of rotatable bonds is 9. The lowest BCUT2D eigenvalue weighted by Gasteiger charge is -2.38. The van der Waals surface area contributed by atoms with Crippen LogP contribution in [-0.2, 0) is 4.74 Å². The number of benzene rings is 1. The Hall–Kier alpha value is -3.97. The van der Waals surface area contributed by atoms with Gasteiger partial charge in [0.25, 0.3) is 5.91 Å². The number of aliphatic hydroxyl groups excluding tert-OH is 2. The molecule has 216 valence electrons. The minimum absolute atomic E-state index is 0.333. The molecule has 1 aromatic carbocycles. The van der Waals surface area contributed by atoms with Crippen LogP contribution in [0.15, 0.2) is 36.9 Å². The molecule has 1 aliphatic carbocycles. The Morgan fingerprint density at radius 2 is 1.93 bits per heavy atom. The summed E-state index contributed by atoms with van der Waals surface area (Å²) in [5.74, 6) is 0.693. The van der Waals surface area contributed by atoms with E-state index in [-0.39, 0.29) is 5.91 Å². The third kappa shape index (κ3) is 6.96. The molecule has 1 fully saturated rings. The van der Waals surface area contributed by atoms with E-state index < -0.39 is 36.0 Å². The van der Waals surface area contributed by atoms with Gasteiger partial charge in [-0.2, -0.15) is 0 Å². The maximum Gasteiger partial charge on any atom is 0.407 e. The largest absolute Gasteiger partial charge is 0.494 e. The summed E-state index contributed by atoms with van der Waals surface area (Å²) in [5.41, 5.74) is 0.931. The van der Waals surface area contributed by atoms with Crippen molar-refractivity contribution in [1.82, 2.24) is 30.2 Å². The van der Waals surface area contributed by atoms with Crippen molar-refractivity contribution in [3.05, 3.63) is 42.5 Å². The van der Waals surface area contributed by atoms with Crippen molar-refractivity contribution in [1.29, 1.82) is 0 Å². The van der Waals surface area contributed by atoms with Gasteiger partial charge in [0.2, 0.25) is 0 Å². The summed E-state index contributed by atoms with van der Waals surface area (Å²) in [4.78, 5) is 37.5. The molecule has 2 heterocycles. The second kappa shape index (κ2) is 12.5. The molecule has 0 aliphatic heterocycles. The minimum Gasteiger partial charge on any atom is -0.494 e. The normalized spacial score (nSPS) is 21.1. The molecule has 0 bridgehead atoms. The molecule has 1 saturated carbocycles. The fraction of sp³-hybridized carbons (Fsp3) is 0.519. The molecular weight excluding hydrogens is 518 g/mol. The van der Waals surface area contributed by atoms with Gasteiger partial charge in [0.1, 0.15) is 35.4 Å². The number of carbonyl (C=O) groups excluding carboxylic acids is 2. The van der Waals surface area contributed by atoms with Crippen molar-refractivity contribution < 1.29 is 29.3 Å². The average molecular weight is 556 g/mol. The van der Waals surface area contributed by atoms with Crippen LogP contribution in [0.4, 0.5) is 10.6 Å². The van der Waals surface area contributed by atoms with Gasteiger partial charge < -0.3 is 40.2 Å². The smallest absolute Gasteiger partial charge is 0.407 e. The lowest BCUT2D eigenvalue weighted by atomic mass is 9.85. The first-order chi connectivity index (χ1) is 19.1. The van der Waals surface area contributed by atoms with Crippen LogP contribution in [0, 0.1) is 0 Å². The molecule has 13 heteroatoms. The summed E-state index contributed by atoms with van der Waals surface area (Å²) in [5, 5.41) is 30.3. The molecule has 0 unspecified atom stereocenters. The van der Waals surface area contributed by atoms with Gasteiger partial charge in [0.15, 0.2) is 11.5 Å². The van der Waals surface area contributed by atoms with Crippen LogP contribution in [0.25, 0.3) is 11.2 Å². The number of carbonyl (C=O) groups is 2. The molecule has 4 atom stereocenters. The number of imidazole rings is 1. The fourth-order valence-corrected chi connectivity index (χ4v) is 4.64. The number of amides is 2. The summed E-state index contributed by atoms with van der Waals surface area (Å²) in [6, 6.07) is 5.60. The number of hydrogen-bond acceptors (Lipinski definition) is 10. The van der Waals surface area contributed by atoms with Crippen molar-refractivity contribution in [3.63, 3.8) is 0 Å². The number of aliphatic hydroxyl groups is 2. The standard InChI is InChI=1S/C27H37N7O6/c1-27(2,3)40-26(38)29-11-6-12-39-17-8-5-7-16(13-17)25(37)33-18-9-10-19(22(36)21(18)35)34-15-32-20-23(28-4)30-14-31-24(20)34/h5,7-8,13-15,18-19,21-22,35-36H,6,9-12H2,1-4H3,(H,29,38)(H,33,37)(H,28,30,31)/t18-,19-,21-,22-/m1/s1. The zero-order valence-electron chi connectivity index (χ0n) is 23.1. The molecular formula is C27H37N7O6. The first-order valence-corrected chi connectivity index (χ1v) is 13.3. The van der Waals surface area contributed by atoms with Crippen LogP contribution < -0.4 is 20.7 Å². The van der Waals surface area contributed by atoms with E-state index in [9.17, 15) is 19.8 Å². The predicted molar refractivity (Wildman–Crippen MR) is 147 cm³/mol. The van der Waals surface area contributed by atoms with Gasteiger partial charge in [0, 0.05) is 19.2 Å². The maximum absolute atomic E-state index is 13.0. The van der Waals surface area contributed by atoms with E-state index >= 15 is 0 Å². The van der Waals surface area contributed by atoms with Crippen LogP contribution in [0.5, 0.6) is 5.75 Å². The molecule has 13 nitrogen and oxygen atoms in total. The van der Waals surface area contributed by atoms with E-state index in [4.69, 9.17) is 9.47 Å². The van der Waals surface area contributed by atoms with Crippen LogP contribution in [0.2, 0.25) is 0 Å². The van der Waals surface area contributed by atoms with Gasteiger partial charge in [-0.3, -0.25) is 4.79 Å². The second-order valence-electron chi connectivity index (χ2n) is 10.7. The molecule has 5 N–H and O–H groups in total. The maximum atomic E-state index is 13.0. The zero-order valence-corrected chi connectivity index (χ0v) is 23.1. The van der Waals surface area contributed by atoms with Crippen LogP contribution in [0.3, 0.4) is 0 Å². The number of anilines is 1. The number of nitrogens with one attached hydrogen (secondary N) is 3. The molecule has 2 amide bonds. The second-order valence-corrected chi connectivity index (χ2v) is 10.7. The van der Waals surface area contributed by atoms with Gasteiger partial charge in [-0.15, -0.1) is 0 Å². The number of aromatic nitrogens is 4. The summed E-state index contributed by atoms with van der Waals surface area (Å²) in [6.07, 6.45) is 1.67. The fourth-order valence-electron chi connectivity index (χ4n) is 4.64. The molecule has 4 rings (SSSR count). The molecule has 2 aromatic heterocycles. The zero-order chi connectivity index (χ0) is 28.9. The minimum atomic E-state index is -1.19. The SMILES string of the molecule is CNc1ncnc2c1ncn2[C@@H]1CC[C@@H](NC(=O)c2cccc(OCCCNC(=O)OC(C)(C)C)c2)[C@@H](O)[C@@H]1O. The third-order valence-electron chi connectivity index (χ3n) is 6.55. The summed E-state index contributed by atoms with van der Waals surface area (Å²) in [6.45, 7) is 6.11. The van der Waals surface area contributed by atoms with E-state index in [2.05, 4.69) is 30.9 Å². The number of alkyl carbamates (subject to hydrolysis) is 1. The van der Waals surface area contributed by atoms with E-state index in [1.807, 2.05) is 0 Å². The Labute approximate surface area is 232 Å².